The van der Waals surface area contributed by atoms with E-state index in [1.807, 2.05) is 30.3 Å². The van der Waals surface area contributed by atoms with Gasteiger partial charge in [-0.3, -0.25) is 9.59 Å². The van der Waals surface area contributed by atoms with Crippen molar-refractivity contribution in [2.45, 2.75) is 12.6 Å². The molecule has 8 heteroatoms. The molecule has 0 atom stereocenters. The van der Waals surface area contributed by atoms with Gasteiger partial charge >= 0.3 is 6.18 Å². The van der Waals surface area contributed by atoms with Gasteiger partial charge in [-0.25, -0.2) is 0 Å². The van der Waals surface area contributed by atoms with E-state index in [2.05, 4.69) is 5.32 Å². The quantitative estimate of drug-likeness (QED) is 0.778. The molecule has 0 bridgehead atoms. The standard InChI is InChI=1S/C19H20F3N3O2/c1-25(16-5-3-2-4-6-16)18(27)11-14-7-9-15(10-8-14)23-12-17(26)24-13-19(20,21)22/h2-10,23H,11-13H2,1H3,(H,24,26). The van der Waals surface area contributed by atoms with Gasteiger partial charge in [-0.15, -0.1) is 0 Å². The van der Waals surface area contributed by atoms with Gasteiger partial charge < -0.3 is 15.5 Å². The Morgan fingerprint density at radius 3 is 2.22 bits per heavy atom. The third-order valence-electron chi connectivity index (χ3n) is 3.77. The first-order valence-electron chi connectivity index (χ1n) is 8.22. The maximum Gasteiger partial charge on any atom is 0.405 e. The molecule has 0 aliphatic rings. The summed E-state index contributed by atoms with van der Waals surface area (Å²) in [6.07, 6.45) is -4.23. The lowest BCUT2D eigenvalue weighted by atomic mass is 10.1. The molecule has 2 amide bonds. The minimum atomic E-state index is -4.43. The molecule has 0 fully saturated rings. The van der Waals surface area contributed by atoms with Crippen LogP contribution < -0.4 is 15.5 Å². The molecule has 0 aromatic heterocycles. The molecule has 2 rings (SSSR count). The summed E-state index contributed by atoms with van der Waals surface area (Å²) >= 11 is 0. The lowest BCUT2D eigenvalue weighted by Gasteiger charge is -2.17. The van der Waals surface area contributed by atoms with Gasteiger partial charge in [0.25, 0.3) is 0 Å². The number of rotatable bonds is 7. The smallest absolute Gasteiger partial charge is 0.376 e. The molecule has 144 valence electrons. The Kier molecular flexibility index (Phi) is 6.81. The Bertz CT molecular complexity index is 762. The summed E-state index contributed by atoms with van der Waals surface area (Å²) in [5, 5.41) is 4.52. The Hall–Kier alpha value is -3.03. The maximum atomic E-state index is 12.3. The van der Waals surface area contributed by atoms with Crippen LogP contribution in [0.1, 0.15) is 5.56 Å². The van der Waals surface area contributed by atoms with Crippen molar-refractivity contribution in [1.29, 1.82) is 0 Å². The molecular formula is C19H20F3N3O2. The van der Waals surface area contributed by atoms with Crippen molar-refractivity contribution in [3.63, 3.8) is 0 Å². The molecular weight excluding hydrogens is 359 g/mol. The van der Waals surface area contributed by atoms with E-state index in [0.717, 1.165) is 11.3 Å². The van der Waals surface area contributed by atoms with Crippen molar-refractivity contribution in [1.82, 2.24) is 5.32 Å². The van der Waals surface area contributed by atoms with Crippen molar-refractivity contribution in [2.24, 2.45) is 0 Å². The SMILES string of the molecule is CN(C(=O)Cc1ccc(NCC(=O)NCC(F)(F)F)cc1)c1ccccc1. The molecule has 0 saturated heterocycles. The van der Waals surface area contributed by atoms with E-state index >= 15 is 0 Å². The summed E-state index contributed by atoms with van der Waals surface area (Å²) in [4.78, 5) is 25.3. The lowest BCUT2D eigenvalue weighted by Crippen LogP contribution is -2.37. The van der Waals surface area contributed by atoms with Crippen molar-refractivity contribution in [3.05, 3.63) is 60.2 Å². The van der Waals surface area contributed by atoms with E-state index in [9.17, 15) is 22.8 Å². The molecule has 0 spiro atoms. The van der Waals surface area contributed by atoms with Gasteiger partial charge in [-0.1, -0.05) is 30.3 Å². The van der Waals surface area contributed by atoms with Crippen molar-refractivity contribution in [3.8, 4) is 0 Å². The van der Waals surface area contributed by atoms with E-state index in [-0.39, 0.29) is 18.9 Å². The molecule has 0 heterocycles. The summed E-state index contributed by atoms with van der Waals surface area (Å²) in [6, 6.07) is 16.1. The Balaban J connectivity index is 1.82. The zero-order valence-electron chi connectivity index (χ0n) is 14.7. The predicted molar refractivity (Wildman–Crippen MR) is 97.6 cm³/mol. The van der Waals surface area contributed by atoms with Gasteiger partial charge in [0, 0.05) is 18.4 Å². The number of benzene rings is 2. The van der Waals surface area contributed by atoms with Gasteiger partial charge in [0.15, 0.2) is 0 Å². The molecule has 2 N–H and O–H groups in total. The zero-order chi connectivity index (χ0) is 19.9. The summed E-state index contributed by atoms with van der Waals surface area (Å²) in [5.41, 5.74) is 2.16. The Labute approximate surface area is 155 Å². The fourth-order valence-electron chi connectivity index (χ4n) is 2.27. The van der Waals surface area contributed by atoms with Crippen molar-refractivity contribution in [2.75, 3.05) is 30.4 Å². The first-order valence-corrected chi connectivity index (χ1v) is 8.22. The van der Waals surface area contributed by atoms with E-state index < -0.39 is 18.6 Å². The highest BCUT2D eigenvalue weighted by molar-refractivity contribution is 5.94. The molecule has 27 heavy (non-hydrogen) atoms. The first kappa shape index (κ1) is 20.3. The fourth-order valence-corrected chi connectivity index (χ4v) is 2.27. The average Bonchev–Trinajstić information content (AvgIpc) is 2.65. The molecule has 2 aromatic rings. The molecule has 0 aliphatic carbocycles. The number of likely N-dealkylation sites (N-methyl/N-ethyl adjacent to an activating group) is 1. The van der Waals surface area contributed by atoms with Crippen LogP contribution in [0.3, 0.4) is 0 Å². The summed E-state index contributed by atoms with van der Waals surface area (Å²) in [6.45, 7) is -1.63. The van der Waals surface area contributed by atoms with Crippen LogP contribution in [0.15, 0.2) is 54.6 Å². The minimum absolute atomic E-state index is 0.0755. The van der Waals surface area contributed by atoms with Gasteiger partial charge in [0.05, 0.1) is 13.0 Å². The monoisotopic (exact) mass is 379 g/mol. The Morgan fingerprint density at radius 2 is 1.63 bits per heavy atom. The Morgan fingerprint density at radius 1 is 1.00 bits per heavy atom. The van der Waals surface area contributed by atoms with Crippen molar-refractivity contribution >= 4 is 23.2 Å². The van der Waals surface area contributed by atoms with Crippen molar-refractivity contribution < 1.29 is 22.8 Å². The number of alkyl halides is 3. The molecule has 0 saturated carbocycles. The van der Waals surface area contributed by atoms with E-state index in [4.69, 9.17) is 0 Å². The number of carbonyl (C=O) groups excluding carboxylic acids is 2. The second-order valence-electron chi connectivity index (χ2n) is 5.91. The zero-order valence-corrected chi connectivity index (χ0v) is 14.7. The molecule has 0 unspecified atom stereocenters. The molecule has 0 radical (unpaired) electrons. The summed E-state index contributed by atoms with van der Waals surface area (Å²) < 4.78 is 36.1. The number of para-hydroxylation sites is 1. The number of halogens is 3. The highest BCUT2D eigenvalue weighted by Gasteiger charge is 2.27. The topological polar surface area (TPSA) is 61.4 Å². The number of nitrogens with one attached hydrogen (secondary N) is 2. The number of hydrogen-bond donors (Lipinski definition) is 2. The van der Waals surface area contributed by atoms with Crippen LogP contribution in [0.2, 0.25) is 0 Å². The minimum Gasteiger partial charge on any atom is -0.376 e. The van der Waals surface area contributed by atoms with Crippen LogP contribution >= 0.6 is 0 Å². The second kappa shape index (κ2) is 9.07. The number of anilines is 2. The molecule has 2 aromatic carbocycles. The largest absolute Gasteiger partial charge is 0.405 e. The maximum absolute atomic E-state index is 12.3. The normalized spacial score (nSPS) is 11.0. The van der Waals surface area contributed by atoms with Crippen LogP contribution in [-0.4, -0.2) is 38.1 Å². The third kappa shape index (κ3) is 7.01. The van der Waals surface area contributed by atoms with Crippen LogP contribution in [0.25, 0.3) is 0 Å². The van der Waals surface area contributed by atoms with Gasteiger partial charge in [0.2, 0.25) is 11.8 Å². The number of nitrogens with zero attached hydrogens (tertiary/aromatic N) is 1. The molecule has 5 nitrogen and oxygen atoms in total. The van der Waals surface area contributed by atoms with E-state index in [0.29, 0.717) is 5.69 Å². The number of carbonyl (C=O) groups is 2. The van der Waals surface area contributed by atoms with Crippen LogP contribution in [0.4, 0.5) is 24.5 Å². The number of hydrogen-bond acceptors (Lipinski definition) is 3. The van der Waals surface area contributed by atoms with Crippen LogP contribution in [-0.2, 0) is 16.0 Å². The van der Waals surface area contributed by atoms with E-state index in [1.54, 1.807) is 41.5 Å². The number of amides is 2. The van der Waals surface area contributed by atoms with Gasteiger partial charge in [-0.2, -0.15) is 13.2 Å². The third-order valence-corrected chi connectivity index (χ3v) is 3.77. The fraction of sp³-hybridized carbons (Fsp3) is 0.263. The van der Waals surface area contributed by atoms with Crippen LogP contribution in [0.5, 0.6) is 0 Å². The lowest BCUT2D eigenvalue weighted by molar-refractivity contribution is -0.137. The summed E-state index contributed by atoms with van der Waals surface area (Å²) in [5.74, 6) is -0.829. The van der Waals surface area contributed by atoms with E-state index in [1.165, 1.54) is 0 Å². The first-order chi connectivity index (χ1) is 12.7. The van der Waals surface area contributed by atoms with Crippen LogP contribution in [0, 0.1) is 0 Å². The summed E-state index contributed by atoms with van der Waals surface area (Å²) in [7, 11) is 1.70. The molecule has 0 aliphatic heterocycles. The predicted octanol–water partition coefficient (Wildman–Crippen LogP) is 2.98. The average molecular weight is 379 g/mol. The highest BCUT2D eigenvalue weighted by atomic mass is 19.4. The van der Waals surface area contributed by atoms with Gasteiger partial charge in [-0.05, 0) is 29.8 Å². The highest BCUT2D eigenvalue weighted by Crippen LogP contribution is 2.15. The second-order valence-corrected chi connectivity index (χ2v) is 5.91. The van der Waals surface area contributed by atoms with Gasteiger partial charge in [0.1, 0.15) is 6.54 Å².